The summed E-state index contributed by atoms with van der Waals surface area (Å²) in [6, 6.07) is 4.18. The molecule has 0 spiro atoms. The van der Waals surface area contributed by atoms with Gasteiger partial charge in [0.15, 0.2) is 0 Å². The van der Waals surface area contributed by atoms with E-state index in [9.17, 15) is 0 Å². The average molecular weight is 454 g/mol. The highest BCUT2D eigenvalue weighted by atomic mass is 16.5. The molecular formula is C28H43N3O2. The van der Waals surface area contributed by atoms with E-state index in [4.69, 9.17) is 9.47 Å². The summed E-state index contributed by atoms with van der Waals surface area (Å²) in [5, 5.41) is 0. The zero-order valence-electron chi connectivity index (χ0n) is 20.6. The summed E-state index contributed by atoms with van der Waals surface area (Å²) in [5.74, 6) is 1.66. The molecule has 0 radical (unpaired) electrons. The summed E-state index contributed by atoms with van der Waals surface area (Å²) in [7, 11) is 0. The van der Waals surface area contributed by atoms with Gasteiger partial charge in [-0.15, -0.1) is 0 Å². The zero-order valence-corrected chi connectivity index (χ0v) is 20.6. The fourth-order valence-electron chi connectivity index (χ4n) is 3.98. The lowest BCUT2D eigenvalue weighted by Crippen LogP contribution is -2.00. The van der Waals surface area contributed by atoms with Crippen LogP contribution >= 0.6 is 0 Å². The molecule has 0 atom stereocenters. The molecule has 5 nitrogen and oxygen atoms in total. The molecule has 1 aliphatic carbocycles. The maximum Gasteiger partial charge on any atom is 0.232 e. The van der Waals surface area contributed by atoms with Gasteiger partial charge in [0.25, 0.3) is 0 Å². The number of rotatable bonds is 19. The molecule has 5 heteroatoms. The molecule has 33 heavy (non-hydrogen) atoms. The van der Waals surface area contributed by atoms with Crippen LogP contribution in [0.2, 0.25) is 0 Å². The van der Waals surface area contributed by atoms with Crippen LogP contribution in [0.4, 0.5) is 0 Å². The highest BCUT2D eigenvalue weighted by molar-refractivity contribution is 5.56. The SMILES string of the molecule is CCCCCCOCCCCc1ccc(-c2cnc(OCCCCCCC3CC3)cn2)cn1. The van der Waals surface area contributed by atoms with E-state index in [1.54, 1.807) is 12.4 Å². The molecule has 0 saturated heterocycles. The molecule has 1 aliphatic rings. The molecule has 182 valence electrons. The van der Waals surface area contributed by atoms with Crippen LogP contribution in [-0.4, -0.2) is 34.8 Å². The first-order valence-corrected chi connectivity index (χ1v) is 13.3. The molecule has 1 fully saturated rings. The van der Waals surface area contributed by atoms with Crippen molar-refractivity contribution in [2.75, 3.05) is 19.8 Å². The van der Waals surface area contributed by atoms with Crippen LogP contribution in [0.3, 0.4) is 0 Å². The Morgan fingerprint density at radius 3 is 2.27 bits per heavy atom. The molecule has 0 unspecified atom stereocenters. The number of ether oxygens (including phenoxy) is 2. The second-order valence-corrected chi connectivity index (χ2v) is 9.40. The Morgan fingerprint density at radius 1 is 0.758 bits per heavy atom. The van der Waals surface area contributed by atoms with Crippen molar-refractivity contribution in [1.29, 1.82) is 0 Å². The van der Waals surface area contributed by atoms with Gasteiger partial charge >= 0.3 is 0 Å². The van der Waals surface area contributed by atoms with Crippen LogP contribution < -0.4 is 4.74 Å². The maximum absolute atomic E-state index is 5.75. The average Bonchev–Trinajstić information content (AvgIpc) is 3.68. The van der Waals surface area contributed by atoms with Crippen LogP contribution in [-0.2, 0) is 11.2 Å². The molecular weight excluding hydrogens is 410 g/mol. The van der Waals surface area contributed by atoms with E-state index in [0.29, 0.717) is 5.88 Å². The number of hydrogen-bond donors (Lipinski definition) is 0. The predicted octanol–water partition coefficient (Wildman–Crippen LogP) is 7.20. The molecule has 0 amide bonds. The Hall–Kier alpha value is -2.01. The topological polar surface area (TPSA) is 57.1 Å². The first-order valence-electron chi connectivity index (χ1n) is 13.3. The van der Waals surface area contributed by atoms with Crippen LogP contribution in [0.5, 0.6) is 5.88 Å². The van der Waals surface area contributed by atoms with Crippen molar-refractivity contribution in [3.63, 3.8) is 0 Å². The van der Waals surface area contributed by atoms with Crippen molar-refractivity contribution in [2.24, 2.45) is 5.92 Å². The molecule has 3 rings (SSSR count). The minimum absolute atomic E-state index is 0.605. The van der Waals surface area contributed by atoms with Gasteiger partial charge in [-0.05, 0) is 50.2 Å². The van der Waals surface area contributed by atoms with Crippen LogP contribution in [0.1, 0.15) is 96.1 Å². The highest BCUT2D eigenvalue weighted by Gasteiger charge is 2.19. The fourth-order valence-corrected chi connectivity index (χ4v) is 3.98. The second-order valence-electron chi connectivity index (χ2n) is 9.40. The Labute approximate surface area is 200 Å². The molecule has 1 saturated carbocycles. The summed E-state index contributed by atoms with van der Waals surface area (Å²) in [4.78, 5) is 13.5. The highest BCUT2D eigenvalue weighted by Crippen LogP contribution is 2.34. The van der Waals surface area contributed by atoms with E-state index in [1.807, 2.05) is 6.20 Å². The quantitative estimate of drug-likeness (QED) is 0.211. The predicted molar refractivity (Wildman–Crippen MR) is 134 cm³/mol. The summed E-state index contributed by atoms with van der Waals surface area (Å²) in [6.45, 7) is 4.71. The molecule has 0 aliphatic heterocycles. The Bertz CT molecular complexity index is 745. The summed E-state index contributed by atoms with van der Waals surface area (Å²) >= 11 is 0. The largest absolute Gasteiger partial charge is 0.477 e. The lowest BCUT2D eigenvalue weighted by Gasteiger charge is -2.07. The van der Waals surface area contributed by atoms with Gasteiger partial charge in [-0.25, -0.2) is 9.97 Å². The van der Waals surface area contributed by atoms with Gasteiger partial charge in [-0.3, -0.25) is 4.98 Å². The van der Waals surface area contributed by atoms with Crippen LogP contribution in [0.15, 0.2) is 30.7 Å². The zero-order chi connectivity index (χ0) is 23.0. The van der Waals surface area contributed by atoms with E-state index in [-0.39, 0.29) is 0 Å². The van der Waals surface area contributed by atoms with Gasteiger partial charge in [0, 0.05) is 30.7 Å². The third-order valence-corrected chi connectivity index (χ3v) is 6.32. The Kier molecular flexibility index (Phi) is 12.2. The van der Waals surface area contributed by atoms with E-state index in [1.165, 1.54) is 64.2 Å². The molecule has 0 aromatic carbocycles. The number of aryl methyl sites for hydroxylation is 1. The molecule has 2 heterocycles. The van der Waals surface area contributed by atoms with Crippen molar-refractivity contribution in [1.82, 2.24) is 15.0 Å². The van der Waals surface area contributed by atoms with Crippen LogP contribution in [0, 0.1) is 5.92 Å². The van der Waals surface area contributed by atoms with E-state index >= 15 is 0 Å². The second kappa shape index (κ2) is 15.8. The fraction of sp³-hybridized carbons (Fsp3) is 0.679. The number of aromatic nitrogens is 3. The lowest BCUT2D eigenvalue weighted by molar-refractivity contribution is 0.126. The Morgan fingerprint density at radius 2 is 1.55 bits per heavy atom. The van der Waals surface area contributed by atoms with Crippen molar-refractivity contribution in [3.8, 4) is 17.1 Å². The number of hydrogen-bond acceptors (Lipinski definition) is 5. The molecule has 0 N–H and O–H groups in total. The van der Waals surface area contributed by atoms with Gasteiger partial charge < -0.3 is 9.47 Å². The van der Waals surface area contributed by atoms with Gasteiger partial charge in [-0.1, -0.05) is 64.7 Å². The summed E-state index contributed by atoms with van der Waals surface area (Å²) in [5.41, 5.74) is 2.94. The summed E-state index contributed by atoms with van der Waals surface area (Å²) in [6.07, 6.45) is 23.0. The maximum atomic E-state index is 5.75. The normalized spacial score (nSPS) is 13.4. The van der Waals surface area contributed by atoms with E-state index in [0.717, 1.165) is 68.4 Å². The van der Waals surface area contributed by atoms with Crippen molar-refractivity contribution >= 4 is 0 Å². The van der Waals surface area contributed by atoms with Crippen LogP contribution in [0.25, 0.3) is 11.3 Å². The number of pyridine rings is 1. The van der Waals surface area contributed by atoms with E-state index in [2.05, 4.69) is 34.0 Å². The van der Waals surface area contributed by atoms with Gasteiger partial charge in [0.05, 0.1) is 24.7 Å². The first-order chi connectivity index (χ1) is 16.3. The van der Waals surface area contributed by atoms with E-state index < -0.39 is 0 Å². The monoisotopic (exact) mass is 453 g/mol. The molecule has 2 aromatic rings. The standard InChI is InChI=1S/C28H43N3O2/c1-2-3-4-9-18-32-19-11-8-13-26-17-16-25(21-29-26)27-22-31-28(23-30-27)33-20-10-6-5-7-12-24-14-15-24/h16-17,21-24H,2-15,18-20H2,1H3. The third kappa shape index (κ3) is 11.1. The van der Waals surface area contributed by atoms with Gasteiger partial charge in [-0.2, -0.15) is 0 Å². The van der Waals surface area contributed by atoms with Gasteiger partial charge in [0.1, 0.15) is 0 Å². The van der Waals surface area contributed by atoms with Crippen molar-refractivity contribution in [2.45, 2.75) is 96.8 Å². The Balaban J connectivity index is 1.25. The third-order valence-electron chi connectivity index (χ3n) is 6.32. The first kappa shape index (κ1) is 25.6. The molecule has 0 bridgehead atoms. The van der Waals surface area contributed by atoms with Crippen molar-refractivity contribution in [3.05, 3.63) is 36.4 Å². The number of unbranched alkanes of at least 4 members (excludes halogenated alkanes) is 7. The molecule has 2 aromatic heterocycles. The summed E-state index contributed by atoms with van der Waals surface area (Å²) < 4.78 is 11.5. The number of nitrogens with zero attached hydrogens (tertiary/aromatic N) is 3. The van der Waals surface area contributed by atoms with Gasteiger partial charge in [0.2, 0.25) is 5.88 Å². The minimum atomic E-state index is 0.605. The lowest BCUT2D eigenvalue weighted by atomic mass is 10.1. The van der Waals surface area contributed by atoms with Crippen molar-refractivity contribution < 1.29 is 9.47 Å². The smallest absolute Gasteiger partial charge is 0.232 e. The minimum Gasteiger partial charge on any atom is -0.477 e.